The van der Waals surface area contributed by atoms with Gasteiger partial charge in [0.2, 0.25) is 0 Å². The highest BCUT2D eigenvalue weighted by molar-refractivity contribution is 9.10. The van der Waals surface area contributed by atoms with Crippen molar-refractivity contribution in [1.29, 1.82) is 0 Å². The first-order chi connectivity index (χ1) is 8.45. The van der Waals surface area contributed by atoms with Gasteiger partial charge in [-0.1, -0.05) is 19.0 Å². The fraction of sp³-hybridized carbons (Fsp3) is 0.500. The standard InChI is InChI=1S/C12H18BrN3OS/c1-12(2,11(14)16-17)6-3-7-18-10-5-4-9(13)8-15-10/h4-5,8,17H,3,6-7H2,1-2H3,(H2,14,16). The molecule has 1 heterocycles. The molecule has 0 radical (unpaired) electrons. The quantitative estimate of drug-likeness (QED) is 0.209. The lowest BCUT2D eigenvalue weighted by atomic mass is 9.87. The zero-order valence-electron chi connectivity index (χ0n) is 10.6. The maximum Gasteiger partial charge on any atom is 0.144 e. The van der Waals surface area contributed by atoms with Crippen molar-refractivity contribution in [3.8, 4) is 0 Å². The molecule has 1 aromatic rings. The second-order valence-corrected chi connectivity index (χ2v) is 6.67. The monoisotopic (exact) mass is 331 g/mol. The summed E-state index contributed by atoms with van der Waals surface area (Å²) in [6.45, 7) is 3.95. The summed E-state index contributed by atoms with van der Waals surface area (Å²) in [6, 6.07) is 3.97. The van der Waals surface area contributed by atoms with Gasteiger partial charge < -0.3 is 10.9 Å². The summed E-state index contributed by atoms with van der Waals surface area (Å²) >= 11 is 5.07. The molecule has 1 rings (SSSR count). The number of thioether (sulfide) groups is 1. The Morgan fingerprint density at radius 2 is 2.28 bits per heavy atom. The van der Waals surface area contributed by atoms with Crippen LogP contribution >= 0.6 is 27.7 Å². The van der Waals surface area contributed by atoms with Crippen LogP contribution in [0.4, 0.5) is 0 Å². The predicted octanol–water partition coefficient (Wildman–Crippen LogP) is 3.49. The van der Waals surface area contributed by atoms with Crippen LogP contribution in [-0.2, 0) is 0 Å². The van der Waals surface area contributed by atoms with Gasteiger partial charge in [-0.05, 0) is 46.7 Å². The molecule has 0 aliphatic heterocycles. The molecule has 0 bridgehead atoms. The summed E-state index contributed by atoms with van der Waals surface area (Å²) in [4.78, 5) is 4.29. The molecule has 0 atom stereocenters. The molecule has 0 saturated carbocycles. The molecular weight excluding hydrogens is 314 g/mol. The number of pyridine rings is 1. The number of hydrogen-bond acceptors (Lipinski definition) is 4. The van der Waals surface area contributed by atoms with Crippen LogP contribution in [-0.4, -0.2) is 21.8 Å². The summed E-state index contributed by atoms with van der Waals surface area (Å²) in [5, 5.41) is 12.8. The van der Waals surface area contributed by atoms with Gasteiger partial charge in [0, 0.05) is 16.1 Å². The van der Waals surface area contributed by atoms with Crippen LogP contribution in [0.3, 0.4) is 0 Å². The fourth-order valence-electron chi connectivity index (χ4n) is 1.40. The van der Waals surface area contributed by atoms with Gasteiger partial charge in [0.1, 0.15) is 5.84 Å². The topological polar surface area (TPSA) is 71.5 Å². The minimum absolute atomic E-state index is 0.261. The number of nitrogens with two attached hydrogens (primary N) is 1. The lowest BCUT2D eigenvalue weighted by Gasteiger charge is -2.22. The summed E-state index contributed by atoms with van der Waals surface area (Å²) in [6.07, 6.45) is 3.67. The van der Waals surface area contributed by atoms with Crippen molar-refractivity contribution >= 4 is 33.5 Å². The Labute approximate surface area is 120 Å². The molecule has 0 amide bonds. The van der Waals surface area contributed by atoms with Crippen molar-refractivity contribution in [2.24, 2.45) is 16.3 Å². The van der Waals surface area contributed by atoms with Gasteiger partial charge in [-0.25, -0.2) is 4.98 Å². The number of amidine groups is 1. The van der Waals surface area contributed by atoms with Crippen molar-refractivity contribution < 1.29 is 5.21 Å². The number of hydrogen-bond donors (Lipinski definition) is 2. The van der Waals surface area contributed by atoms with E-state index in [4.69, 9.17) is 10.9 Å². The van der Waals surface area contributed by atoms with Gasteiger partial charge in [0.05, 0.1) is 5.03 Å². The molecule has 0 aliphatic carbocycles. The molecule has 3 N–H and O–H groups in total. The molecule has 0 aliphatic rings. The Morgan fingerprint density at radius 1 is 1.56 bits per heavy atom. The highest BCUT2D eigenvalue weighted by atomic mass is 79.9. The Bertz CT molecular complexity index is 406. The van der Waals surface area contributed by atoms with Gasteiger partial charge in [-0.2, -0.15) is 0 Å². The van der Waals surface area contributed by atoms with Crippen LogP contribution in [0.25, 0.3) is 0 Å². The molecule has 0 saturated heterocycles. The highest BCUT2D eigenvalue weighted by Crippen LogP contribution is 2.25. The Hall–Kier alpha value is -0.750. The van der Waals surface area contributed by atoms with Crippen molar-refractivity contribution in [3.63, 3.8) is 0 Å². The van der Waals surface area contributed by atoms with E-state index in [1.165, 1.54) is 0 Å². The van der Waals surface area contributed by atoms with E-state index in [0.717, 1.165) is 28.1 Å². The molecule has 0 fully saturated rings. The smallest absolute Gasteiger partial charge is 0.144 e. The molecule has 6 heteroatoms. The molecular formula is C12H18BrN3OS. The highest BCUT2D eigenvalue weighted by Gasteiger charge is 2.22. The Kier molecular flexibility index (Phi) is 5.95. The fourth-order valence-corrected chi connectivity index (χ4v) is 2.43. The third-order valence-corrected chi connectivity index (χ3v) is 4.20. The third kappa shape index (κ3) is 4.86. The molecule has 4 nitrogen and oxygen atoms in total. The second-order valence-electron chi connectivity index (χ2n) is 4.64. The first-order valence-electron chi connectivity index (χ1n) is 5.68. The normalized spacial score (nSPS) is 12.7. The van der Waals surface area contributed by atoms with Crippen molar-refractivity contribution in [2.45, 2.75) is 31.7 Å². The van der Waals surface area contributed by atoms with Crippen molar-refractivity contribution in [1.82, 2.24) is 4.98 Å². The van der Waals surface area contributed by atoms with E-state index >= 15 is 0 Å². The van der Waals surface area contributed by atoms with E-state index in [1.807, 2.05) is 26.0 Å². The number of aromatic nitrogens is 1. The van der Waals surface area contributed by atoms with E-state index in [1.54, 1.807) is 18.0 Å². The van der Waals surface area contributed by atoms with E-state index < -0.39 is 0 Å². The Morgan fingerprint density at radius 3 is 2.83 bits per heavy atom. The molecule has 0 unspecified atom stereocenters. The summed E-state index contributed by atoms with van der Waals surface area (Å²) < 4.78 is 0.986. The van der Waals surface area contributed by atoms with Gasteiger partial charge >= 0.3 is 0 Å². The minimum atomic E-state index is -0.261. The van der Waals surface area contributed by atoms with Crippen LogP contribution in [0.1, 0.15) is 26.7 Å². The molecule has 0 aromatic carbocycles. The van der Waals surface area contributed by atoms with E-state index in [-0.39, 0.29) is 11.3 Å². The van der Waals surface area contributed by atoms with Crippen LogP contribution in [0.15, 0.2) is 33.0 Å². The van der Waals surface area contributed by atoms with Gasteiger partial charge in [0.25, 0.3) is 0 Å². The predicted molar refractivity (Wildman–Crippen MR) is 79.1 cm³/mol. The zero-order valence-corrected chi connectivity index (χ0v) is 13.0. The first-order valence-corrected chi connectivity index (χ1v) is 7.46. The van der Waals surface area contributed by atoms with Crippen molar-refractivity contribution in [3.05, 3.63) is 22.8 Å². The van der Waals surface area contributed by atoms with Crippen molar-refractivity contribution in [2.75, 3.05) is 5.75 Å². The summed E-state index contributed by atoms with van der Waals surface area (Å²) in [5.41, 5.74) is 5.37. The van der Waals surface area contributed by atoms with E-state index in [0.29, 0.717) is 0 Å². The first kappa shape index (κ1) is 15.3. The lowest BCUT2D eigenvalue weighted by molar-refractivity contribution is 0.305. The average Bonchev–Trinajstić information content (AvgIpc) is 2.35. The van der Waals surface area contributed by atoms with Crippen LogP contribution in [0.2, 0.25) is 0 Å². The maximum atomic E-state index is 8.67. The van der Waals surface area contributed by atoms with Gasteiger partial charge in [0.15, 0.2) is 0 Å². The van der Waals surface area contributed by atoms with E-state index in [2.05, 4.69) is 26.1 Å². The average molecular weight is 332 g/mol. The second kappa shape index (κ2) is 6.99. The van der Waals surface area contributed by atoms with Crippen LogP contribution in [0.5, 0.6) is 0 Å². The molecule has 100 valence electrons. The largest absolute Gasteiger partial charge is 0.409 e. The third-order valence-electron chi connectivity index (χ3n) is 2.70. The Balaban J connectivity index is 2.33. The number of nitrogens with zero attached hydrogens (tertiary/aromatic N) is 2. The minimum Gasteiger partial charge on any atom is -0.409 e. The summed E-state index contributed by atoms with van der Waals surface area (Å²) in [5.74, 6) is 1.26. The van der Waals surface area contributed by atoms with Crippen LogP contribution in [0, 0.1) is 5.41 Å². The maximum absolute atomic E-state index is 8.67. The number of rotatable bonds is 6. The lowest BCUT2D eigenvalue weighted by Crippen LogP contribution is -2.31. The SMILES string of the molecule is CC(C)(CCCSc1ccc(Br)cn1)C(N)=NO. The summed E-state index contributed by atoms with van der Waals surface area (Å²) in [7, 11) is 0. The molecule has 18 heavy (non-hydrogen) atoms. The number of oxime groups is 1. The molecule has 1 aromatic heterocycles. The van der Waals surface area contributed by atoms with Gasteiger partial charge in [-0.15, -0.1) is 11.8 Å². The number of halogens is 1. The molecule has 0 spiro atoms. The van der Waals surface area contributed by atoms with Gasteiger partial charge in [-0.3, -0.25) is 0 Å². The van der Waals surface area contributed by atoms with Crippen LogP contribution < -0.4 is 5.73 Å². The zero-order chi connectivity index (χ0) is 13.6. The van der Waals surface area contributed by atoms with E-state index in [9.17, 15) is 0 Å².